The summed E-state index contributed by atoms with van der Waals surface area (Å²) in [5.74, 6) is 0.972. The van der Waals surface area contributed by atoms with Gasteiger partial charge in [0.25, 0.3) is 0 Å². The first-order valence-electron chi connectivity index (χ1n) is 8.69. The Morgan fingerprint density at radius 1 is 1.05 bits per heavy atom. The van der Waals surface area contributed by atoms with Crippen LogP contribution >= 0.6 is 0 Å². The topological polar surface area (TPSA) is 46.3 Å². The summed E-state index contributed by atoms with van der Waals surface area (Å²) in [7, 11) is 1.99. The van der Waals surface area contributed by atoms with E-state index >= 15 is 0 Å². The molecule has 0 aliphatic heterocycles. The minimum Gasteiger partial charge on any atom is -0.343 e. The van der Waals surface area contributed by atoms with Gasteiger partial charge in [-0.05, 0) is 38.0 Å². The van der Waals surface area contributed by atoms with Crippen LogP contribution in [0.3, 0.4) is 0 Å². The molecular weight excluding hydrogens is 248 g/mol. The standard InChI is InChI=1S/C17H32N2O/c1-19(15-10-6-3-7-11-15)17(20)13-12-16(18)14-8-4-2-5-9-14/h14-16H,2-13,18H2,1H3/t16-/m1/s1. The Kier molecular flexibility index (Phi) is 6.34. The molecule has 2 fully saturated rings. The molecule has 0 spiro atoms. The molecule has 0 aromatic rings. The summed E-state index contributed by atoms with van der Waals surface area (Å²) >= 11 is 0. The first-order chi connectivity index (χ1) is 9.68. The maximum Gasteiger partial charge on any atom is 0.222 e. The highest BCUT2D eigenvalue weighted by Crippen LogP contribution is 2.28. The van der Waals surface area contributed by atoms with Crippen LogP contribution in [0.2, 0.25) is 0 Å². The van der Waals surface area contributed by atoms with Gasteiger partial charge in [-0.2, -0.15) is 0 Å². The van der Waals surface area contributed by atoms with Crippen molar-refractivity contribution in [2.75, 3.05) is 7.05 Å². The zero-order chi connectivity index (χ0) is 14.4. The number of hydrogen-bond acceptors (Lipinski definition) is 2. The fourth-order valence-electron chi connectivity index (χ4n) is 3.94. The van der Waals surface area contributed by atoms with Gasteiger partial charge in [0.15, 0.2) is 0 Å². The van der Waals surface area contributed by atoms with Gasteiger partial charge in [0.1, 0.15) is 0 Å². The Morgan fingerprint density at radius 2 is 1.60 bits per heavy atom. The van der Waals surface area contributed by atoms with Crippen LogP contribution in [0.4, 0.5) is 0 Å². The monoisotopic (exact) mass is 280 g/mol. The zero-order valence-corrected chi connectivity index (χ0v) is 13.2. The number of carbonyl (C=O) groups is 1. The third-order valence-corrected chi connectivity index (χ3v) is 5.46. The molecule has 0 saturated heterocycles. The lowest BCUT2D eigenvalue weighted by Crippen LogP contribution is -2.39. The molecule has 2 N–H and O–H groups in total. The van der Waals surface area contributed by atoms with Gasteiger partial charge in [0.2, 0.25) is 5.91 Å². The van der Waals surface area contributed by atoms with E-state index in [1.165, 1.54) is 64.2 Å². The average molecular weight is 280 g/mol. The molecule has 0 unspecified atom stereocenters. The molecule has 2 rings (SSSR count). The number of amides is 1. The van der Waals surface area contributed by atoms with Crippen molar-refractivity contribution in [2.45, 2.75) is 89.1 Å². The summed E-state index contributed by atoms with van der Waals surface area (Å²) in [6.45, 7) is 0. The van der Waals surface area contributed by atoms with Gasteiger partial charge in [0, 0.05) is 25.6 Å². The summed E-state index contributed by atoms with van der Waals surface area (Å²) in [5, 5.41) is 0. The summed E-state index contributed by atoms with van der Waals surface area (Å²) < 4.78 is 0. The highest BCUT2D eigenvalue weighted by molar-refractivity contribution is 5.76. The second-order valence-corrected chi connectivity index (χ2v) is 6.90. The molecule has 2 saturated carbocycles. The molecule has 0 aromatic heterocycles. The van der Waals surface area contributed by atoms with E-state index in [0.717, 1.165) is 6.42 Å². The van der Waals surface area contributed by atoms with Crippen molar-refractivity contribution in [2.24, 2.45) is 11.7 Å². The zero-order valence-electron chi connectivity index (χ0n) is 13.2. The van der Waals surface area contributed by atoms with E-state index in [9.17, 15) is 4.79 Å². The van der Waals surface area contributed by atoms with Crippen LogP contribution in [0.15, 0.2) is 0 Å². The van der Waals surface area contributed by atoms with Crippen molar-refractivity contribution in [1.29, 1.82) is 0 Å². The molecule has 0 heterocycles. The van der Waals surface area contributed by atoms with Gasteiger partial charge in [0.05, 0.1) is 0 Å². The molecule has 20 heavy (non-hydrogen) atoms. The average Bonchev–Trinajstić information content (AvgIpc) is 2.53. The second kappa shape index (κ2) is 8.02. The fraction of sp³-hybridized carbons (Fsp3) is 0.941. The molecule has 2 aliphatic rings. The van der Waals surface area contributed by atoms with Crippen LogP contribution in [0.1, 0.15) is 77.0 Å². The maximum atomic E-state index is 12.3. The number of carbonyl (C=O) groups excluding carboxylic acids is 1. The van der Waals surface area contributed by atoms with Crippen LogP contribution in [-0.2, 0) is 4.79 Å². The first-order valence-corrected chi connectivity index (χ1v) is 8.69. The van der Waals surface area contributed by atoms with E-state index in [2.05, 4.69) is 0 Å². The van der Waals surface area contributed by atoms with E-state index in [1.54, 1.807) is 0 Å². The first kappa shape index (κ1) is 15.8. The van der Waals surface area contributed by atoms with Crippen molar-refractivity contribution in [3.8, 4) is 0 Å². The van der Waals surface area contributed by atoms with E-state index in [0.29, 0.717) is 24.3 Å². The van der Waals surface area contributed by atoms with Crippen LogP contribution < -0.4 is 5.73 Å². The number of nitrogens with zero attached hydrogens (tertiary/aromatic N) is 1. The normalized spacial score (nSPS) is 23.5. The minimum absolute atomic E-state index is 0.235. The Hall–Kier alpha value is -0.570. The molecule has 3 heteroatoms. The van der Waals surface area contributed by atoms with Gasteiger partial charge in [-0.1, -0.05) is 38.5 Å². The van der Waals surface area contributed by atoms with Gasteiger partial charge in [-0.25, -0.2) is 0 Å². The minimum atomic E-state index is 0.235. The van der Waals surface area contributed by atoms with Gasteiger partial charge in [-0.3, -0.25) is 4.79 Å². The lowest BCUT2D eigenvalue weighted by Gasteiger charge is -2.32. The highest BCUT2D eigenvalue weighted by atomic mass is 16.2. The Bertz CT molecular complexity index is 293. The van der Waals surface area contributed by atoms with Crippen molar-refractivity contribution in [3.63, 3.8) is 0 Å². The fourth-order valence-corrected chi connectivity index (χ4v) is 3.94. The summed E-state index contributed by atoms with van der Waals surface area (Å²) in [5.41, 5.74) is 6.30. The molecule has 0 radical (unpaired) electrons. The predicted molar refractivity (Wildman–Crippen MR) is 83.4 cm³/mol. The summed E-state index contributed by atoms with van der Waals surface area (Å²) in [6.07, 6.45) is 14.4. The van der Waals surface area contributed by atoms with Crippen LogP contribution in [0, 0.1) is 5.92 Å². The highest BCUT2D eigenvalue weighted by Gasteiger charge is 2.24. The Morgan fingerprint density at radius 3 is 2.20 bits per heavy atom. The number of nitrogens with two attached hydrogens (primary N) is 1. The molecule has 116 valence electrons. The van der Waals surface area contributed by atoms with E-state index in [1.807, 2.05) is 11.9 Å². The van der Waals surface area contributed by atoms with Gasteiger partial charge < -0.3 is 10.6 Å². The largest absolute Gasteiger partial charge is 0.343 e. The van der Waals surface area contributed by atoms with Crippen molar-refractivity contribution < 1.29 is 4.79 Å². The van der Waals surface area contributed by atoms with Crippen molar-refractivity contribution >= 4 is 5.91 Å². The van der Waals surface area contributed by atoms with Crippen LogP contribution in [-0.4, -0.2) is 29.9 Å². The molecule has 1 atom stereocenters. The van der Waals surface area contributed by atoms with Gasteiger partial charge in [-0.15, -0.1) is 0 Å². The third-order valence-electron chi connectivity index (χ3n) is 5.46. The lowest BCUT2D eigenvalue weighted by molar-refractivity contribution is -0.132. The number of rotatable bonds is 5. The lowest BCUT2D eigenvalue weighted by atomic mass is 9.82. The van der Waals surface area contributed by atoms with Crippen LogP contribution in [0.25, 0.3) is 0 Å². The smallest absolute Gasteiger partial charge is 0.222 e. The molecular formula is C17H32N2O. The van der Waals surface area contributed by atoms with Gasteiger partial charge >= 0.3 is 0 Å². The van der Waals surface area contributed by atoms with E-state index in [4.69, 9.17) is 5.73 Å². The van der Waals surface area contributed by atoms with Crippen LogP contribution in [0.5, 0.6) is 0 Å². The molecule has 3 nitrogen and oxygen atoms in total. The SMILES string of the molecule is CN(C(=O)CC[C@@H](N)C1CCCCC1)C1CCCCC1. The Labute approximate surface area is 124 Å². The quantitative estimate of drug-likeness (QED) is 0.838. The summed E-state index contributed by atoms with van der Waals surface area (Å²) in [6, 6.07) is 0.723. The summed E-state index contributed by atoms with van der Waals surface area (Å²) in [4.78, 5) is 14.3. The van der Waals surface area contributed by atoms with E-state index < -0.39 is 0 Å². The predicted octanol–water partition coefficient (Wildman–Crippen LogP) is 3.47. The maximum absolute atomic E-state index is 12.3. The third kappa shape index (κ3) is 4.47. The van der Waals surface area contributed by atoms with Crippen molar-refractivity contribution in [1.82, 2.24) is 4.90 Å². The Balaban J connectivity index is 1.70. The molecule has 2 aliphatic carbocycles. The molecule has 1 amide bonds. The molecule has 0 bridgehead atoms. The van der Waals surface area contributed by atoms with E-state index in [-0.39, 0.29) is 6.04 Å². The molecule has 0 aromatic carbocycles. The van der Waals surface area contributed by atoms with Crippen molar-refractivity contribution in [3.05, 3.63) is 0 Å². The second-order valence-electron chi connectivity index (χ2n) is 6.90. The number of hydrogen-bond donors (Lipinski definition) is 1.